The van der Waals surface area contributed by atoms with Crippen LogP contribution >= 0.6 is 0 Å². The number of amides is 1. The molecule has 1 fully saturated rings. The second kappa shape index (κ2) is 6.70. The van der Waals surface area contributed by atoms with Gasteiger partial charge in [-0.05, 0) is 43.9 Å². The third-order valence-corrected chi connectivity index (χ3v) is 3.31. The zero-order valence-corrected chi connectivity index (χ0v) is 11.8. The first-order valence-electron chi connectivity index (χ1n) is 7.00. The number of ether oxygens (including phenoxy) is 1. The maximum absolute atomic E-state index is 13.5. The molecule has 4 nitrogen and oxygen atoms in total. The quantitative estimate of drug-likeness (QED) is 0.893. The monoisotopic (exact) mass is 280 g/mol. The van der Waals surface area contributed by atoms with Crippen LogP contribution in [0.5, 0.6) is 5.75 Å². The van der Waals surface area contributed by atoms with Crippen LogP contribution in [-0.4, -0.2) is 36.5 Å². The lowest BCUT2D eigenvalue weighted by Gasteiger charge is -2.16. The van der Waals surface area contributed by atoms with Gasteiger partial charge in [0, 0.05) is 25.2 Å². The van der Waals surface area contributed by atoms with Gasteiger partial charge in [0.15, 0.2) is 6.61 Å². The third-order valence-electron chi connectivity index (χ3n) is 3.31. The Morgan fingerprint density at radius 1 is 1.40 bits per heavy atom. The molecule has 110 valence electrons. The zero-order valence-electron chi connectivity index (χ0n) is 11.8. The number of carbonyl (C=O) groups excluding carboxylic acids is 1. The number of halogens is 1. The van der Waals surface area contributed by atoms with Crippen LogP contribution in [0, 0.1) is 5.82 Å². The second-order valence-corrected chi connectivity index (χ2v) is 5.35. The van der Waals surface area contributed by atoms with Crippen LogP contribution in [0.25, 0.3) is 0 Å². The fourth-order valence-corrected chi connectivity index (χ4v) is 2.40. The molecule has 0 saturated carbocycles. The Bertz CT molecular complexity index is 471. The number of rotatable bonds is 5. The van der Waals surface area contributed by atoms with Crippen molar-refractivity contribution >= 4 is 5.91 Å². The summed E-state index contributed by atoms with van der Waals surface area (Å²) in [6, 6.07) is 4.43. The first-order chi connectivity index (χ1) is 9.54. The van der Waals surface area contributed by atoms with Crippen molar-refractivity contribution in [1.82, 2.24) is 4.90 Å². The number of hydrogen-bond donors (Lipinski definition) is 1. The molecule has 20 heavy (non-hydrogen) atoms. The number of nitrogens with two attached hydrogens (primary N) is 1. The van der Waals surface area contributed by atoms with Gasteiger partial charge < -0.3 is 15.4 Å². The van der Waals surface area contributed by atoms with Gasteiger partial charge in [0.1, 0.15) is 11.6 Å². The summed E-state index contributed by atoms with van der Waals surface area (Å²) in [6.07, 6.45) is 2.67. The van der Waals surface area contributed by atoms with E-state index in [0.29, 0.717) is 12.2 Å². The van der Waals surface area contributed by atoms with E-state index in [1.807, 2.05) is 6.92 Å². The highest BCUT2D eigenvalue weighted by molar-refractivity contribution is 5.78. The zero-order chi connectivity index (χ0) is 14.5. The van der Waals surface area contributed by atoms with Crippen LogP contribution in [0.3, 0.4) is 0 Å². The smallest absolute Gasteiger partial charge is 0.260 e. The molecule has 1 heterocycles. The highest BCUT2D eigenvalue weighted by Gasteiger charge is 2.18. The van der Waals surface area contributed by atoms with E-state index in [-0.39, 0.29) is 24.4 Å². The van der Waals surface area contributed by atoms with E-state index in [2.05, 4.69) is 0 Å². The van der Waals surface area contributed by atoms with Gasteiger partial charge >= 0.3 is 0 Å². The number of hydrogen-bond acceptors (Lipinski definition) is 3. The highest BCUT2D eigenvalue weighted by atomic mass is 19.1. The van der Waals surface area contributed by atoms with Gasteiger partial charge in [-0.3, -0.25) is 4.79 Å². The molecule has 2 rings (SSSR count). The Labute approximate surface area is 118 Å². The Morgan fingerprint density at radius 3 is 2.75 bits per heavy atom. The van der Waals surface area contributed by atoms with Crippen LogP contribution < -0.4 is 10.5 Å². The Morgan fingerprint density at radius 2 is 2.10 bits per heavy atom. The van der Waals surface area contributed by atoms with Crippen molar-refractivity contribution in [2.45, 2.75) is 32.2 Å². The lowest BCUT2D eigenvalue weighted by atomic mass is 10.1. The van der Waals surface area contributed by atoms with Crippen LogP contribution in [0.15, 0.2) is 18.2 Å². The SMILES string of the molecule is CC(N)Cc1cc(F)cc(OCC(=O)N2CCCC2)c1. The first kappa shape index (κ1) is 14.8. The molecule has 1 aliphatic heterocycles. The third kappa shape index (κ3) is 4.20. The molecule has 1 amide bonds. The van der Waals surface area contributed by atoms with Crippen molar-refractivity contribution in [2.24, 2.45) is 5.73 Å². The molecule has 0 spiro atoms. The summed E-state index contributed by atoms with van der Waals surface area (Å²) in [5, 5.41) is 0. The van der Waals surface area contributed by atoms with Crippen molar-refractivity contribution in [3.05, 3.63) is 29.6 Å². The van der Waals surface area contributed by atoms with Crippen LogP contribution in [0.2, 0.25) is 0 Å². The Hall–Kier alpha value is -1.62. The number of benzene rings is 1. The summed E-state index contributed by atoms with van der Waals surface area (Å²) in [6.45, 7) is 3.41. The van der Waals surface area contributed by atoms with Gasteiger partial charge in [0.25, 0.3) is 5.91 Å². The van der Waals surface area contributed by atoms with Crippen molar-refractivity contribution in [1.29, 1.82) is 0 Å². The van der Waals surface area contributed by atoms with Gasteiger partial charge in [0.05, 0.1) is 0 Å². The molecule has 0 bridgehead atoms. The summed E-state index contributed by atoms with van der Waals surface area (Å²) in [7, 11) is 0. The topological polar surface area (TPSA) is 55.6 Å². The fraction of sp³-hybridized carbons (Fsp3) is 0.533. The van der Waals surface area contributed by atoms with E-state index < -0.39 is 0 Å². The highest BCUT2D eigenvalue weighted by Crippen LogP contribution is 2.18. The molecule has 2 N–H and O–H groups in total. The molecule has 0 aromatic heterocycles. The van der Waals surface area contributed by atoms with E-state index in [1.54, 1.807) is 11.0 Å². The summed E-state index contributed by atoms with van der Waals surface area (Å²) >= 11 is 0. The normalized spacial score (nSPS) is 16.2. The minimum Gasteiger partial charge on any atom is -0.484 e. The average Bonchev–Trinajstić information content (AvgIpc) is 2.88. The van der Waals surface area contributed by atoms with Crippen LogP contribution in [0.1, 0.15) is 25.3 Å². The van der Waals surface area contributed by atoms with E-state index in [9.17, 15) is 9.18 Å². The van der Waals surface area contributed by atoms with Gasteiger partial charge in [-0.25, -0.2) is 4.39 Å². The van der Waals surface area contributed by atoms with E-state index in [1.165, 1.54) is 12.1 Å². The maximum atomic E-state index is 13.5. The molecule has 0 aliphatic carbocycles. The standard InChI is InChI=1S/C15H21FN2O2/c1-11(17)6-12-7-13(16)9-14(8-12)20-10-15(19)18-4-2-3-5-18/h7-9,11H,2-6,10,17H2,1H3. The number of carbonyl (C=O) groups is 1. The van der Waals surface area contributed by atoms with Crippen LogP contribution in [-0.2, 0) is 11.2 Å². The van der Waals surface area contributed by atoms with Gasteiger partial charge in [0.2, 0.25) is 0 Å². The van der Waals surface area contributed by atoms with Gasteiger partial charge in [-0.15, -0.1) is 0 Å². The molecule has 1 unspecified atom stereocenters. The molecule has 1 aromatic carbocycles. The predicted octanol–water partition coefficient (Wildman–Crippen LogP) is 1.72. The molecule has 1 aliphatic rings. The molecule has 1 aromatic rings. The Kier molecular flexibility index (Phi) is 4.95. The molecule has 0 radical (unpaired) electrons. The maximum Gasteiger partial charge on any atom is 0.260 e. The summed E-state index contributed by atoms with van der Waals surface area (Å²) in [4.78, 5) is 13.6. The minimum atomic E-state index is -0.369. The summed E-state index contributed by atoms with van der Waals surface area (Å²) in [5.74, 6) is -0.0273. The molecule has 1 atom stereocenters. The Balaban J connectivity index is 1.94. The summed E-state index contributed by atoms with van der Waals surface area (Å²) in [5.41, 5.74) is 6.49. The van der Waals surface area contributed by atoms with Crippen LogP contribution in [0.4, 0.5) is 4.39 Å². The largest absolute Gasteiger partial charge is 0.484 e. The lowest BCUT2D eigenvalue weighted by Crippen LogP contribution is -2.32. The van der Waals surface area contributed by atoms with Gasteiger partial charge in [-0.1, -0.05) is 0 Å². The van der Waals surface area contributed by atoms with E-state index in [4.69, 9.17) is 10.5 Å². The average molecular weight is 280 g/mol. The van der Waals surface area contributed by atoms with E-state index >= 15 is 0 Å². The molecule has 1 saturated heterocycles. The molecular formula is C15H21FN2O2. The lowest BCUT2D eigenvalue weighted by molar-refractivity contribution is -0.132. The van der Waals surface area contributed by atoms with Crippen molar-refractivity contribution in [3.8, 4) is 5.75 Å². The first-order valence-corrected chi connectivity index (χ1v) is 7.00. The van der Waals surface area contributed by atoms with Crippen molar-refractivity contribution in [3.63, 3.8) is 0 Å². The molecule has 5 heteroatoms. The summed E-state index contributed by atoms with van der Waals surface area (Å²) < 4.78 is 18.9. The van der Waals surface area contributed by atoms with Crippen molar-refractivity contribution in [2.75, 3.05) is 19.7 Å². The second-order valence-electron chi connectivity index (χ2n) is 5.35. The number of likely N-dealkylation sites (tertiary alicyclic amines) is 1. The molecular weight excluding hydrogens is 259 g/mol. The van der Waals surface area contributed by atoms with Crippen molar-refractivity contribution < 1.29 is 13.9 Å². The fourth-order valence-electron chi connectivity index (χ4n) is 2.40. The van der Waals surface area contributed by atoms with E-state index in [0.717, 1.165) is 31.5 Å². The number of nitrogens with zero attached hydrogens (tertiary/aromatic N) is 1. The minimum absolute atomic E-state index is 0.0406. The van der Waals surface area contributed by atoms with Gasteiger partial charge in [-0.2, -0.15) is 0 Å². The predicted molar refractivity (Wildman–Crippen MR) is 75.1 cm³/mol.